The van der Waals surface area contributed by atoms with Crippen LogP contribution >= 0.6 is 15.9 Å². The van der Waals surface area contributed by atoms with Crippen molar-refractivity contribution in [1.82, 2.24) is 9.88 Å². The van der Waals surface area contributed by atoms with Crippen LogP contribution in [0.1, 0.15) is 18.4 Å². The molecule has 0 aromatic carbocycles. The summed E-state index contributed by atoms with van der Waals surface area (Å²) in [5.41, 5.74) is 6.83. The first kappa shape index (κ1) is 14.8. The maximum atomic E-state index is 5.58. The van der Waals surface area contributed by atoms with E-state index in [-0.39, 0.29) is 0 Å². The average molecular weight is 327 g/mol. The van der Waals surface area contributed by atoms with Crippen molar-refractivity contribution in [2.24, 2.45) is 5.73 Å². The number of halogens is 1. The van der Waals surface area contributed by atoms with Gasteiger partial charge in [-0.3, -0.25) is 0 Å². The van der Waals surface area contributed by atoms with E-state index >= 15 is 0 Å². The Morgan fingerprint density at radius 3 is 2.89 bits per heavy atom. The van der Waals surface area contributed by atoms with Crippen molar-refractivity contribution < 1.29 is 0 Å². The van der Waals surface area contributed by atoms with Crippen LogP contribution in [0, 0.1) is 6.92 Å². The number of nitrogens with two attached hydrogens (primary N) is 1. The molecule has 2 heterocycles. The van der Waals surface area contributed by atoms with Crippen molar-refractivity contribution in [3.05, 3.63) is 22.3 Å². The Bertz CT molecular complexity index is 410. The lowest BCUT2D eigenvalue weighted by molar-refractivity contribution is 0.291. The molecule has 1 aromatic rings. The van der Waals surface area contributed by atoms with Gasteiger partial charge in [-0.1, -0.05) is 0 Å². The largest absolute Gasteiger partial charge is 0.355 e. The summed E-state index contributed by atoms with van der Waals surface area (Å²) in [7, 11) is 0. The molecule has 19 heavy (non-hydrogen) atoms. The lowest BCUT2D eigenvalue weighted by Gasteiger charge is -2.23. The third-order valence-corrected chi connectivity index (χ3v) is 4.45. The zero-order valence-electron chi connectivity index (χ0n) is 11.6. The molecule has 0 amide bonds. The van der Waals surface area contributed by atoms with Crippen LogP contribution in [-0.4, -0.2) is 49.2 Å². The Morgan fingerprint density at radius 2 is 2.16 bits per heavy atom. The number of pyridine rings is 1. The summed E-state index contributed by atoms with van der Waals surface area (Å²) < 4.78 is 1.08. The highest BCUT2D eigenvalue weighted by molar-refractivity contribution is 9.10. The summed E-state index contributed by atoms with van der Waals surface area (Å²) in [5.74, 6) is 1.10. The quantitative estimate of drug-likeness (QED) is 0.919. The number of hydrogen-bond donors (Lipinski definition) is 1. The molecule has 0 aliphatic carbocycles. The van der Waals surface area contributed by atoms with Gasteiger partial charge >= 0.3 is 0 Å². The first-order chi connectivity index (χ1) is 9.20. The van der Waals surface area contributed by atoms with E-state index in [1.165, 1.54) is 18.5 Å². The second-order valence-corrected chi connectivity index (χ2v) is 5.97. The molecular formula is C14H23BrN4. The van der Waals surface area contributed by atoms with E-state index in [4.69, 9.17) is 5.73 Å². The molecule has 1 aliphatic rings. The minimum Gasteiger partial charge on any atom is -0.355 e. The third kappa shape index (κ3) is 4.16. The Morgan fingerprint density at radius 1 is 1.32 bits per heavy atom. The molecule has 0 bridgehead atoms. The lowest BCUT2D eigenvalue weighted by atomic mass is 10.3. The van der Waals surface area contributed by atoms with Gasteiger partial charge in [0.2, 0.25) is 0 Å². The van der Waals surface area contributed by atoms with Crippen LogP contribution in [-0.2, 0) is 0 Å². The SMILES string of the molecule is Cc1cc(N2CCCN(CCCN)CC2)ncc1Br. The number of aryl methyl sites for hydroxylation is 1. The van der Waals surface area contributed by atoms with Gasteiger partial charge in [0.15, 0.2) is 0 Å². The molecule has 0 atom stereocenters. The maximum absolute atomic E-state index is 5.58. The number of nitrogens with zero attached hydrogens (tertiary/aromatic N) is 3. The molecule has 1 aliphatic heterocycles. The molecule has 0 unspecified atom stereocenters. The van der Waals surface area contributed by atoms with Crippen LogP contribution in [0.25, 0.3) is 0 Å². The van der Waals surface area contributed by atoms with Crippen molar-refractivity contribution in [3.8, 4) is 0 Å². The molecule has 0 radical (unpaired) electrons. The van der Waals surface area contributed by atoms with Gasteiger partial charge in [-0.25, -0.2) is 4.98 Å². The van der Waals surface area contributed by atoms with Crippen molar-refractivity contribution >= 4 is 21.7 Å². The van der Waals surface area contributed by atoms with Crippen molar-refractivity contribution in [2.45, 2.75) is 19.8 Å². The summed E-state index contributed by atoms with van der Waals surface area (Å²) in [6.45, 7) is 8.44. The van der Waals surface area contributed by atoms with Crippen LogP contribution in [0.4, 0.5) is 5.82 Å². The predicted octanol–water partition coefficient (Wildman–Crippen LogP) is 2.01. The van der Waals surface area contributed by atoms with E-state index in [1.54, 1.807) is 0 Å². The van der Waals surface area contributed by atoms with Crippen molar-refractivity contribution in [3.63, 3.8) is 0 Å². The van der Waals surface area contributed by atoms with E-state index < -0.39 is 0 Å². The maximum Gasteiger partial charge on any atom is 0.128 e. The Hall–Kier alpha value is -0.650. The van der Waals surface area contributed by atoms with Crippen molar-refractivity contribution in [2.75, 3.05) is 44.2 Å². The molecule has 2 N–H and O–H groups in total. The highest BCUT2D eigenvalue weighted by Crippen LogP contribution is 2.21. The first-order valence-electron chi connectivity index (χ1n) is 7.00. The monoisotopic (exact) mass is 326 g/mol. The van der Waals surface area contributed by atoms with Gasteiger partial charge < -0.3 is 15.5 Å². The van der Waals surface area contributed by atoms with Gasteiger partial charge in [0, 0.05) is 30.3 Å². The van der Waals surface area contributed by atoms with Crippen LogP contribution in [0.2, 0.25) is 0 Å². The standard InChI is InChI=1S/C14H23BrN4/c1-12-10-14(17-11-13(12)15)19-7-3-6-18(8-9-19)5-2-4-16/h10-11H,2-9,16H2,1H3. The predicted molar refractivity (Wildman–Crippen MR) is 83.6 cm³/mol. The van der Waals surface area contributed by atoms with E-state index in [1.807, 2.05) is 6.20 Å². The van der Waals surface area contributed by atoms with E-state index in [2.05, 4.69) is 43.7 Å². The van der Waals surface area contributed by atoms with Gasteiger partial charge in [-0.15, -0.1) is 0 Å². The molecular weight excluding hydrogens is 304 g/mol. The Kier molecular flexibility index (Phi) is 5.60. The summed E-state index contributed by atoms with van der Waals surface area (Å²) in [4.78, 5) is 9.44. The highest BCUT2D eigenvalue weighted by Gasteiger charge is 2.15. The minimum atomic E-state index is 0.785. The van der Waals surface area contributed by atoms with Gasteiger partial charge in [0.25, 0.3) is 0 Å². The summed E-state index contributed by atoms with van der Waals surface area (Å²) in [5, 5.41) is 0. The van der Waals surface area contributed by atoms with Gasteiger partial charge in [-0.05, 0) is 67.0 Å². The summed E-state index contributed by atoms with van der Waals surface area (Å²) >= 11 is 3.51. The topological polar surface area (TPSA) is 45.4 Å². The van der Waals surface area contributed by atoms with E-state index in [0.717, 1.165) is 49.4 Å². The molecule has 106 valence electrons. The van der Waals surface area contributed by atoms with E-state index in [9.17, 15) is 0 Å². The van der Waals surface area contributed by atoms with Gasteiger partial charge in [-0.2, -0.15) is 0 Å². The molecule has 2 rings (SSSR count). The number of rotatable bonds is 4. The molecule has 0 spiro atoms. The van der Waals surface area contributed by atoms with Crippen LogP contribution in [0.3, 0.4) is 0 Å². The molecule has 1 saturated heterocycles. The number of anilines is 1. The minimum absolute atomic E-state index is 0.785. The zero-order valence-corrected chi connectivity index (χ0v) is 13.2. The third-order valence-electron chi connectivity index (χ3n) is 3.62. The van der Waals surface area contributed by atoms with Gasteiger partial charge in [0.1, 0.15) is 5.82 Å². The van der Waals surface area contributed by atoms with E-state index in [0.29, 0.717) is 0 Å². The molecule has 1 aromatic heterocycles. The smallest absolute Gasteiger partial charge is 0.128 e. The normalized spacial score (nSPS) is 17.5. The van der Waals surface area contributed by atoms with Crippen molar-refractivity contribution in [1.29, 1.82) is 0 Å². The molecule has 1 fully saturated rings. The fraction of sp³-hybridized carbons (Fsp3) is 0.643. The molecule has 4 nitrogen and oxygen atoms in total. The average Bonchev–Trinajstić information content (AvgIpc) is 2.65. The highest BCUT2D eigenvalue weighted by atomic mass is 79.9. The van der Waals surface area contributed by atoms with Crippen LogP contribution in [0.15, 0.2) is 16.7 Å². The Balaban J connectivity index is 1.96. The van der Waals surface area contributed by atoms with Crippen LogP contribution in [0.5, 0.6) is 0 Å². The lowest BCUT2D eigenvalue weighted by Crippen LogP contribution is -2.32. The fourth-order valence-electron chi connectivity index (χ4n) is 2.44. The second kappa shape index (κ2) is 7.22. The number of aromatic nitrogens is 1. The van der Waals surface area contributed by atoms with Gasteiger partial charge in [0.05, 0.1) is 0 Å². The molecule has 5 heteroatoms. The number of hydrogen-bond acceptors (Lipinski definition) is 4. The zero-order chi connectivity index (χ0) is 13.7. The molecule has 0 saturated carbocycles. The summed E-state index contributed by atoms with van der Waals surface area (Å²) in [6, 6.07) is 2.17. The Labute approximate surface area is 124 Å². The summed E-state index contributed by atoms with van der Waals surface area (Å²) in [6.07, 6.45) is 4.19. The second-order valence-electron chi connectivity index (χ2n) is 5.12. The fourth-order valence-corrected chi connectivity index (χ4v) is 2.65. The van der Waals surface area contributed by atoms with Crippen LogP contribution < -0.4 is 10.6 Å². The first-order valence-corrected chi connectivity index (χ1v) is 7.79.